The molecule has 0 radical (unpaired) electrons. The lowest BCUT2D eigenvalue weighted by atomic mass is 9.92. The zero-order valence-corrected chi connectivity index (χ0v) is 16.4. The van der Waals surface area contributed by atoms with Gasteiger partial charge in [0.25, 0.3) is 0 Å². The van der Waals surface area contributed by atoms with E-state index >= 15 is 0 Å². The number of Topliss-reactive ketones (excluding diaryl/α,β-unsaturated/α-hetero) is 1. The molecular weight excluding hydrogens is 372 g/mol. The highest BCUT2D eigenvalue weighted by Gasteiger charge is 2.73. The molecule has 29 heavy (non-hydrogen) atoms. The minimum absolute atomic E-state index is 0.178. The van der Waals surface area contributed by atoms with Gasteiger partial charge in [0.2, 0.25) is 11.8 Å². The van der Waals surface area contributed by atoms with Crippen molar-refractivity contribution in [2.24, 2.45) is 17.3 Å². The van der Waals surface area contributed by atoms with Crippen LogP contribution >= 0.6 is 0 Å². The van der Waals surface area contributed by atoms with Crippen molar-refractivity contribution in [1.29, 1.82) is 0 Å². The van der Waals surface area contributed by atoms with E-state index in [9.17, 15) is 14.4 Å². The van der Waals surface area contributed by atoms with Gasteiger partial charge in [-0.3, -0.25) is 14.4 Å². The summed E-state index contributed by atoms with van der Waals surface area (Å²) in [5, 5.41) is 5.63. The van der Waals surface area contributed by atoms with Crippen molar-refractivity contribution in [2.45, 2.75) is 13.5 Å². The molecule has 1 unspecified atom stereocenters. The van der Waals surface area contributed by atoms with Crippen molar-refractivity contribution in [3.05, 3.63) is 53.6 Å². The van der Waals surface area contributed by atoms with Crippen LogP contribution in [0.2, 0.25) is 0 Å². The summed E-state index contributed by atoms with van der Waals surface area (Å²) in [5.74, 6) is -0.985. The highest BCUT2D eigenvalue weighted by molar-refractivity contribution is 6.19. The first-order valence-corrected chi connectivity index (χ1v) is 9.35. The minimum atomic E-state index is -1.03. The Morgan fingerprint density at radius 2 is 1.83 bits per heavy atom. The summed E-state index contributed by atoms with van der Waals surface area (Å²) in [7, 11) is 3.10. The van der Waals surface area contributed by atoms with E-state index in [-0.39, 0.29) is 24.1 Å². The standard InChI is InChI=1S/C22H22N2O5/c1-22-17(18(22)21(27)24-14-7-5-4-6-13(14)19(22)25)20(26)23-11-12-8-9-15(28-2)16(10-12)29-3/h4-10,17-18H,11H2,1-3H3,(H,23,26)(H,24,27)/t17-,18?,22+/m0/s1. The van der Waals surface area contributed by atoms with Gasteiger partial charge in [0, 0.05) is 12.1 Å². The number of anilines is 1. The van der Waals surface area contributed by atoms with E-state index in [4.69, 9.17) is 9.47 Å². The molecule has 150 valence electrons. The van der Waals surface area contributed by atoms with E-state index in [1.54, 1.807) is 57.5 Å². The van der Waals surface area contributed by atoms with Gasteiger partial charge in [0.15, 0.2) is 17.3 Å². The molecule has 1 aliphatic carbocycles. The number of para-hydroxylation sites is 1. The molecule has 1 fully saturated rings. The summed E-state index contributed by atoms with van der Waals surface area (Å²) in [4.78, 5) is 38.6. The lowest BCUT2D eigenvalue weighted by Gasteiger charge is -2.13. The normalized spacial score (nSPS) is 24.5. The fourth-order valence-corrected chi connectivity index (χ4v) is 4.22. The molecule has 1 aliphatic heterocycles. The number of ketones is 1. The molecule has 2 aromatic rings. The molecule has 0 aromatic heterocycles. The van der Waals surface area contributed by atoms with Gasteiger partial charge in [-0.05, 0) is 29.8 Å². The van der Waals surface area contributed by atoms with Crippen LogP contribution in [0, 0.1) is 17.3 Å². The molecule has 0 bridgehead atoms. The molecule has 2 amide bonds. The first-order chi connectivity index (χ1) is 13.9. The summed E-state index contributed by atoms with van der Waals surface area (Å²) < 4.78 is 10.5. The first-order valence-electron chi connectivity index (χ1n) is 9.35. The van der Waals surface area contributed by atoms with Crippen LogP contribution in [0.4, 0.5) is 5.69 Å². The second-order valence-corrected chi connectivity index (χ2v) is 7.51. The van der Waals surface area contributed by atoms with Crippen molar-refractivity contribution >= 4 is 23.3 Å². The van der Waals surface area contributed by atoms with E-state index in [0.29, 0.717) is 22.7 Å². The third kappa shape index (κ3) is 2.93. The van der Waals surface area contributed by atoms with Crippen LogP contribution in [0.15, 0.2) is 42.5 Å². The molecule has 0 saturated heterocycles. The van der Waals surface area contributed by atoms with Gasteiger partial charge in [0.05, 0.1) is 37.2 Å². The molecule has 7 heteroatoms. The van der Waals surface area contributed by atoms with Crippen molar-refractivity contribution in [3.8, 4) is 11.5 Å². The maximum absolute atomic E-state index is 13.1. The van der Waals surface area contributed by atoms with Gasteiger partial charge >= 0.3 is 0 Å². The fraction of sp³-hybridized carbons (Fsp3) is 0.318. The number of amides is 2. The van der Waals surface area contributed by atoms with Crippen LogP contribution in [-0.2, 0) is 16.1 Å². The Morgan fingerprint density at radius 3 is 2.55 bits per heavy atom. The Hall–Kier alpha value is -3.35. The number of hydrogen-bond donors (Lipinski definition) is 2. The molecule has 1 saturated carbocycles. The van der Waals surface area contributed by atoms with Gasteiger partial charge in [0.1, 0.15) is 0 Å². The quantitative estimate of drug-likeness (QED) is 0.812. The number of carbonyl (C=O) groups excluding carboxylic acids is 3. The number of methoxy groups -OCH3 is 2. The molecule has 7 nitrogen and oxygen atoms in total. The van der Waals surface area contributed by atoms with E-state index in [0.717, 1.165) is 5.56 Å². The zero-order chi connectivity index (χ0) is 20.8. The van der Waals surface area contributed by atoms with Gasteiger partial charge in [-0.15, -0.1) is 0 Å². The van der Waals surface area contributed by atoms with Crippen LogP contribution in [0.5, 0.6) is 11.5 Å². The molecular formula is C22H22N2O5. The summed E-state index contributed by atoms with van der Waals surface area (Å²) in [6, 6.07) is 12.3. The van der Waals surface area contributed by atoms with Crippen LogP contribution in [0.25, 0.3) is 0 Å². The van der Waals surface area contributed by atoms with Crippen molar-refractivity contribution in [2.75, 3.05) is 19.5 Å². The molecule has 2 N–H and O–H groups in total. The summed E-state index contributed by atoms with van der Waals surface area (Å²) in [6.07, 6.45) is 0. The smallest absolute Gasteiger partial charge is 0.229 e. The predicted molar refractivity (Wildman–Crippen MR) is 106 cm³/mol. The van der Waals surface area contributed by atoms with E-state index in [1.165, 1.54) is 0 Å². The van der Waals surface area contributed by atoms with Gasteiger partial charge < -0.3 is 20.1 Å². The maximum atomic E-state index is 13.1. The Bertz CT molecular complexity index is 1020. The van der Waals surface area contributed by atoms with E-state index < -0.39 is 17.3 Å². The maximum Gasteiger partial charge on any atom is 0.229 e. The molecule has 2 aromatic carbocycles. The summed E-state index contributed by atoms with van der Waals surface area (Å²) in [6.45, 7) is 1.95. The third-order valence-electron chi connectivity index (χ3n) is 5.91. The summed E-state index contributed by atoms with van der Waals surface area (Å²) >= 11 is 0. The average molecular weight is 394 g/mol. The van der Waals surface area contributed by atoms with Crippen LogP contribution in [0.3, 0.4) is 0 Å². The second-order valence-electron chi connectivity index (χ2n) is 7.51. The Balaban J connectivity index is 1.51. The number of benzene rings is 2. The lowest BCUT2D eigenvalue weighted by Crippen LogP contribution is -2.29. The van der Waals surface area contributed by atoms with E-state index in [1.807, 2.05) is 6.07 Å². The minimum Gasteiger partial charge on any atom is -0.493 e. The Kier molecular flexibility index (Phi) is 4.53. The van der Waals surface area contributed by atoms with E-state index in [2.05, 4.69) is 10.6 Å². The first kappa shape index (κ1) is 19.0. The molecule has 4 rings (SSSR count). The average Bonchev–Trinajstić information content (AvgIpc) is 3.39. The number of nitrogens with one attached hydrogen (secondary N) is 2. The third-order valence-corrected chi connectivity index (χ3v) is 5.91. The SMILES string of the molecule is COc1ccc(CNC(=O)[C@@H]2C3C(=O)Nc4ccccc4C(=O)[C@@]32C)cc1OC. The van der Waals surface area contributed by atoms with Gasteiger partial charge in [-0.1, -0.05) is 25.1 Å². The molecule has 1 heterocycles. The summed E-state index contributed by atoms with van der Waals surface area (Å²) in [5.41, 5.74) is 0.739. The number of fused-ring (bicyclic) bond motifs is 2. The molecule has 3 atom stereocenters. The van der Waals surface area contributed by atoms with Crippen LogP contribution in [0.1, 0.15) is 22.8 Å². The number of carbonyl (C=O) groups is 3. The van der Waals surface area contributed by atoms with Crippen molar-refractivity contribution in [1.82, 2.24) is 5.32 Å². The zero-order valence-electron chi connectivity index (χ0n) is 16.4. The Labute approximate surface area is 168 Å². The number of hydrogen-bond acceptors (Lipinski definition) is 5. The van der Waals surface area contributed by atoms with Crippen LogP contribution < -0.4 is 20.1 Å². The van der Waals surface area contributed by atoms with Gasteiger partial charge in [-0.25, -0.2) is 0 Å². The predicted octanol–water partition coefficient (Wildman–Crippen LogP) is 2.41. The number of rotatable bonds is 5. The monoisotopic (exact) mass is 394 g/mol. The molecule has 2 aliphatic rings. The molecule has 0 spiro atoms. The van der Waals surface area contributed by atoms with Crippen molar-refractivity contribution in [3.63, 3.8) is 0 Å². The highest BCUT2D eigenvalue weighted by Crippen LogP contribution is 2.62. The Morgan fingerprint density at radius 1 is 1.10 bits per heavy atom. The largest absolute Gasteiger partial charge is 0.493 e. The number of ether oxygens (including phenoxy) is 2. The topological polar surface area (TPSA) is 93.7 Å². The fourth-order valence-electron chi connectivity index (χ4n) is 4.22. The van der Waals surface area contributed by atoms with Crippen molar-refractivity contribution < 1.29 is 23.9 Å². The van der Waals surface area contributed by atoms with Gasteiger partial charge in [-0.2, -0.15) is 0 Å². The second kappa shape index (κ2) is 6.92. The lowest BCUT2D eigenvalue weighted by molar-refractivity contribution is -0.125. The highest BCUT2D eigenvalue weighted by atomic mass is 16.5. The van der Waals surface area contributed by atoms with Crippen LogP contribution in [-0.4, -0.2) is 31.8 Å².